The first kappa shape index (κ1) is 17.8. The third kappa shape index (κ3) is 4.12. The number of carbonyl (C=O) groups excluding carboxylic acids is 2. The van der Waals surface area contributed by atoms with Gasteiger partial charge in [-0.05, 0) is 42.5 Å². The first-order chi connectivity index (χ1) is 12.4. The fourth-order valence-corrected chi connectivity index (χ4v) is 2.37. The van der Waals surface area contributed by atoms with Crippen molar-refractivity contribution in [3.8, 4) is 0 Å². The number of halogens is 3. The van der Waals surface area contributed by atoms with Crippen LogP contribution in [0, 0.1) is 11.6 Å². The third-order valence-corrected chi connectivity index (χ3v) is 3.64. The molecule has 0 aliphatic carbocycles. The van der Waals surface area contributed by atoms with Gasteiger partial charge >= 0.3 is 5.97 Å². The predicted octanol–water partition coefficient (Wildman–Crippen LogP) is 3.96. The molecule has 3 aromatic rings. The van der Waals surface area contributed by atoms with Crippen molar-refractivity contribution in [2.45, 2.75) is 0 Å². The molecule has 0 aliphatic rings. The Morgan fingerprint density at radius 2 is 1.85 bits per heavy atom. The molecule has 1 heterocycles. The van der Waals surface area contributed by atoms with Gasteiger partial charge in [0.2, 0.25) is 0 Å². The summed E-state index contributed by atoms with van der Waals surface area (Å²) in [5, 5.41) is 3.33. The average molecular weight is 377 g/mol. The van der Waals surface area contributed by atoms with Crippen molar-refractivity contribution in [1.29, 1.82) is 0 Å². The van der Waals surface area contributed by atoms with Crippen LogP contribution in [0.3, 0.4) is 0 Å². The number of ether oxygens (including phenoxy) is 1. The molecule has 0 aliphatic heterocycles. The van der Waals surface area contributed by atoms with Crippen molar-refractivity contribution in [2.75, 3.05) is 11.9 Å². The van der Waals surface area contributed by atoms with E-state index in [4.69, 9.17) is 16.3 Å². The first-order valence-corrected chi connectivity index (χ1v) is 7.78. The molecule has 0 atom stereocenters. The number of hydrogen-bond donors (Lipinski definition) is 1. The summed E-state index contributed by atoms with van der Waals surface area (Å²) in [5.74, 6) is -3.51. The van der Waals surface area contributed by atoms with E-state index in [0.717, 1.165) is 12.1 Å². The molecule has 0 unspecified atom stereocenters. The highest BCUT2D eigenvalue weighted by Gasteiger charge is 2.12. The molecule has 0 radical (unpaired) electrons. The zero-order valence-corrected chi connectivity index (χ0v) is 13.9. The molecule has 0 saturated heterocycles. The van der Waals surface area contributed by atoms with Gasteiger partial charge in [0.25, 0.3) is 5.91 Å². The molecule has 0 spiro atoms. The Hall–Kier alpha value is -3.06. The van der Waals surface area contributed by atoms with Gasteiger partial charge < -0.3 is 10.1 Å². The molecular formula is C18H11ClF2N2O3. The Morgan fingerprint density at radius 3 is 2.62 bits per heavy atom. The molecule has 0 bridgehead atoms. The smallest absolute Gasteiger partial charge is 0.338 e. The summed E-state index contributed by atoms with van der Waals surface area (Å²) < 4.78 is 30.9. The largest absolute Gasteiger partial charge is 0.452 e. The van der Waals surface area contributed by atoms with E-state index < -0.39 is 30.1 Å². The fourth-order valence-electron chi connectivity index (χ4n) is 2.21. The SMILES string of the molecule is O=C(COC(=O)c1ccc2nc(Cl)ccc2c1)Nc1ccc(F)c(F)c1. The van der Waals surface area contributed by atoms with E-state index in [-0.39, 0.29) is 11.3 Å². The second-order valence-corrected chi connectivity index (χ2v) is 5.68. The van der Waals surface area contributed by atoms with Gasteiger partial charge in [0.1, 0.15) is 5.15 Å². The van der Waals surface area contributed by atoms with E-state index in [0.29, 0.717) is 16.1 Å². The Bertz CT molecular complexity index is 1010. The number of amides is 1. The molecule has 3 rings (SSSR count). The van der Waals surface area contributed by atoms with Crippen molar-refractivity contribution < 1.29 is 23.1 Å². The Kier molecular flexibility index (Phi) is 5.09. The molecule has 8 heteroatoms. The van der Waals surface area contributed by atoms with Gasteiger partial charge in [0.15, 0.2) is 18.2 Å². The highest BCUT2D eigenvalue weighted by molar-refractivity contribution is 6.29. The quantitative estimate of drug-likeness (QED) is 0.552. The second kappa shape index (κ2) is 7.45. The molecule has 26 heavy (non-hydrogen) atoms. The molecule has 1 amide bonds. The number of fused-ring (bicyclic) bond motifs is 1. The van der Waals surface area contributed by atoms with Gasteiger partial charge in [-0.15, -0.1) is 0 Å². The number of aromatic nitrogens is 1. The van der Waals surface area contributed by atoms with Crippen LogP contribution >= 0.6 is 11.6 Å². The van der Waals surface area contributed by atoms with Gasteiger partial charge in [0.05, 0.1) is 11.1 Å². The van der Waals surface area contributed by atoms with Gasteiger partial charge in [-0.2, -0.15) is 0 Å². The Labute approximate surface area is 151 Å². The van der Waals surface area contributed by atoms with Crippen LogP contribution in [-0.4, -0.2) is 23.5 Å². The number of esters is 1. The third-order valence-electron chi connectivity index (χ3n) is 3.43. The van der Waals surface area contributed by atoms with Crippen molar-refractivity contribution in [3.05, 3.63) is 70.9 Å². The van der Waals surface area contributed by atoms with Crippen LogP contribution in [0.25, 0.3) is 10.9 Å². The van der Waals surface area contributed by atoms with Crippen LogP contribution in [-0.2, 0) is 9.53 Å². The molecule has 132 valence electrons. The predicted molar refractivity (Wildman–Crippen MR) is 92.0 cm³/mol. The number of rotatable bonds is 4. The number of pyridine rings is 1. The van der Waals surface area contributed by atoms with Crippen LogP contribution < -0.4 is 5.32 Å². The zero-order chi connectivity index (χ0) is 18.7. The summed E-state index contributed by atoms with van der Waals surface area (Å²) in [6, 6.07) is 10.9. The number of benzene rings is 2. The number of hydrogen-bond acceptors (Lipinski definition) is 4. The highest BCUT2D eigenvalue weighted by atomic mass is 35.5. The monoisotopic (exact) mass is 376 g/mol. The lowest BCUT2D eigenvalue weighted by atomic mass is 10.1. The summed E-state index contributed by atoms with van der Waals surface area (Å²) in [5.41, 5.74) is 0.908. The van der Waals surface area contributed by atoms with Crippen LogP contribution in [0.5, 0.6) is 0 Å². The van der Waals surface area contributed by atoms with E-state index in [9.17, 15) is 18.4 Å². The van der Waals surface area contributed by atoms with Crippen LogP contribution in [0.4, 0.5) is 14.5 Å². The normalized spacial score (nSPS) is 10.6. The average Bonchev–Trinajstić information content (AvgIpc) is 2.62. The van der Waals surface area contributed by atoms with Crippen LogP contribution in [0.1, 0.15) is 10.4 Å². The van der Waals surface area contributed by atoms with Crippen molar-refractivity contribution in [3.63, 3.8) is 0 Å². The molecule has 5 nitrogen and oxygen atoms in total. The van der Waals surface area contributed by atoms with E-state index in [1.807, 2.05) is 0 Å². The molecule has 1 N–H and O–H groups in total. The minimum Gasteiger partial charge on any atom is -0.452 e. The molecular weight excluding hydrogens is 366 g/mol. The van der Waals surface area contributed by atoms with Gasteiger partial charge in [-0.1, -0.05) is 11.6 Å². The molecule has 0 fully saturated rings. The van der Waals surface area contributed by atoms with Gasteiger partial charge in [-0.25, -0.2) is 18.6 Å². The van der Waals surface area contributed by atoms with Crippen LogP contribution in [0.15, 0.2) is 48.5 Å². The van der Waals surface area contributed by atoms with E-state index in [1.165, 1.54) is 12.1 Å². The van der Waals surface area contributed by atoms with E-state index in [2.05, 4.69) is 10.3 Å². The fraction of sp³-hybridized carbons (Fsp3) is 0.0556. The number of nitrogens with zero attached hydrogens (tertiary/aromatic N) is 1. The maximum atomic E-state index is 13.1. The van der Waals surface area contributed by atoms with E-state index in [1.54, 1.807) is 24.3 Å². The highest BCUT2D eigenvalue weighted by Crippen LogP contribution is 2.18. The van der Waals surface area contributed by atoms with Gasteiger partial charge in [0, 0.05) is 17.1 Å². The lowest BCUT2D eigenvalue weighted by Gasteiger charge is -2.07. The van der Waals surface area contributed by atoms with Crippen molar-refractivity contribution >= 4 is 40.1 Å². The van der Waals surface area contributed by atoms with Crippen molar-refractivity contribution in [2.24, 2.45) is 0 Å². The Balaban J connectivity index is 1.61. The standard InChI is InChI=1S/C18H11ClF2N2O3/c19-16-6-2-10-7-11(1-5-15(10)23-16)18(25)26-9-17(24)22-12-3-4-13(20)14(21)8-12/h1-8H,9H2,(H,22,24). The minimum absolute atomic E-state index is 0.0543. The molecule has 2 aromatic carbocycles. The summed E-state index contributed by atoms with van der Waals surface area (Å²) >= 11 is 5.80. The molecule has 0 saturated carbocycles. The van der Waals surface area contributed by atoms with Crippen molar-refractivity contribution in [1.82, 2.24) is 4.98 Å². The minimum atomic E-state index is -1.09. The van der Waals surface area contributed by atoms with E-state index >= 15 is 0 Å². The maximum absolute atomic E-state index is 13.1. The first-order valence-electron chi connectivity index (χ1n) is 7.41. The Morgan fingerprint density at radius 1 is 1.04 bits per heavy atom. The van der Waals surface area contributed by atoms with Crippen LogP contribution in [0.2, 0.25) is 5.15 Å². The van der Waals surface area contributed by atoms with Gasteiger partial charge in [-0.3, -0.25) is 4.79 Å². The number of carbonyl (C=O) groups is 2. The summed E-state index contributed by atoms with van der Waals surface area (Å²) in [6.45, 7) is -0.575. The molecule has 1 aromatic heterocycles. The summed E-state index contributed by atoms with van der Waals surface area (Å²) in [6.07, 6.45) is 0. The lowest BCUT2D eigenvalue weighted by Crippen LogP contribution is -2.21. The lowest BCUT2D eigenvalue weighted by molar-refractivity contribution is -0.119. The number of nitrogens with one attached hydrogen (secondary N) is 1. The summed E-state index contributed by atoms with van der Waals surface area (Å²) in [4.78, 5) is 27.9. The second-order valence-electron chi connectivity index (χ2n) is 5.29. The topological polar surface area (TPSA) is 68.3 Å². The number of anilines is 1. The summed E-state index contributed by atoms with van der Waals surface area (Å²) in [7, 11) is 0. The zero-order valence-electron chi connectivity index (χ0n) is 13.1. The maximum Gasteiger partial charge on any atom is 0.338 e.